The Bertz CT molecular complexity index is 705. The normalized spacial score (nSPS) is 10.7. The number of aryl methyl sites for hydroxylation is 1. The molecule has 3 aromatic heterocycles. The fourth-order valence-corrected chi connectivity index (χ4v) is 1.84. The van der Waals surface area contributed by atoms with Crippen molar-refractivity contribution >= 4 is 15.9 Å². The monoisotopic (exact) mass is 334 g/mol. The molecule has 0 aromatic carbocycles. The first-order valence-electron chi connectivity index (χ1n) is 5.86. The first kappa shape index (κ1) is 12.8. The highest BCUT2D eigenvalue weighted by Gasteiger charge is 2.06. The van der Waals surface area contributed by atoms with Gasteiger partial charge in [-0.1, -0.05) is 5.21 Å². The molecule has 0 spiro atoms. The maximum Gasteiger partial charge on any atom is 0.176 e. The lowest BCUT2D eigenvalue weighted by atomic mass is 10.4. The molecule has 0 amide bonds. The van der Waals surface area contributed by atoms with Crippen LogP contribution < -0.4 is 4.74 Å². The van der Waals surface area contributed by atoms with E-state index < -0.39 is 0 Å². The van der Waals surface area contributed by atoms with Gasteiger partial charge in [-0.3, -0.25) is 4.68 Å². The average Bonchev–Trinajstić information content (AvgIpc) is 3.07. The fraction of sp³-hybridized carbons (Fsp3) is 0.167. The van der Waals surface area contributed by atoms with Crippen LogP contribution in [0.1, 0.15) is 5.69 Å². The van der Waals surface area contributed by atoms with Gasteiger partial charge in [0.2, 0.25) is 0 Å². The number of nitrogens with zero attached hydrogens (tertiary/aromatic N) is 6. The molecule has 0 saturated carbocycles. The zero-order valence-corrected chi connectivity index (χ0v) is 12.2. The maximum atomic E-state index is 5.58. The van der Waals surface area contributed by atoms with Crippen LogP contribution >= 0.6 is 15.9 Å². The molecule has 8 heteroatoms. The van der Waals surface area contributed by atoms with Crippen LogP contribution in [0.5, 0.6) is 5.75 Å². The minimum atomic E-state index is 0.330. The van der Waals surface area contributed by atoms with Crippen molar-refractivity contribution < 1.29 is 4.74 Å². The number of pyridine rings is 1. The Labute approximate surface area is 123 Å². The molecule has 102 valence electrons. The van der Waals surface area contributed by atoms with Crippen LogP contribution in [0.15, 0.2) is 41.4 Å². The molecule has 3 aromatic rings. The highest BCUT2D eigenvalue weighted by atomic mass is 79.9. The van der Waals surface area contributed by atoms with E-state index in [9.17, 15) is 0 Å². The van der Waals surface area contributed by atoms with E-state index in [-0.39, 0.29) is 0 Å². The molecule has 0 atom stereocenters. The van der Waals surface area contributed by atoms with Crippen LogP contribution in [0.4, 0.5) is 0 Å². The second-order valence-corrected chi connectivity index (χ2v) is 4.92. The molecule has 0 radical (unpaired) electrons. The standard InChI is InChI=1S/C12H11BrN6O/c1-18-5-4-12(16-18)19-7-9(15-17-19)8-20-10-2-3-11(13)14-6-10/h2-7H,8H2,1H3. The van der Waals surface area contributed by atoms with Gasteiger partial charge in [0.25, 0.3) is 0 Å². The quantitative estimate of drug-likeness (QED) is 0.679. The van der Waals surface area contributed by atoms with E-state index in [0.717, 1.165) is 16.1 Å². The number of hydrogen-bond acceptors (Lipinski definition) is 5. The van der Waals surface area contributed by atoms with E-state index >= 15 is 0 Å². The van der Waals surface area contributed by atoms with Gasteiger partial charge in [0.1, 0.15) is 22.7 Å². The average molecular weight is 335 g/mol. The molecule has 0 aliphatic rings. The van der Waals surface area contributed by atoms with Crippen LogP contribution in [0.3, 0.4) is 0 Å². The Morgan fingerprint density at radius 1 is 1.30 bits per heavy atom. The third-order valence-electron chi connectivity index (χ3n) is 2.56. The van der Waals surface area contributed by atoms with Crippen molar-refractivity contribution in [1.29, 1.82) is 0 Å². The second-order valence-electron chi connectivity index (χ2n) is 4.11. The van der Waals surface area contributed by atoms with Gasteiger partial charge in [0, 0.05) is 19.3 Å². The number of halogens is 1. The van der Waals surface area contributed by atoms with Crippen LogP contribution in [-0.4, -0.2) is 29.8 Å². The molecule has 0 unspecified atom stereocenters. The highest BCUT2D eigenvalue weighted by molar-refractivity contribution is 9.10. The van der Waals surface area contributed by atoms with Crippen molar-refractivity contribution in [1.82, 2.24) is 29.8 Å². The van der Waals surface area contributed by atoms with Gasteiger partial charge in [0.15, 0.2) is 5.82 Å². The van der Waals surface area contributed by atoms with Crippen LogP contribution in [-0.2, 0) is 13.7 Å². The Kier molecular flexibility index (Phi) is 3.46. The molecule has 0 aliphatic heterocycles. The first-order chi connectivity index (χ1) is 9.70. The summed E-state index contributed by atoms with van der Waals surface area (Å²) >= 11 is 3.27. The molecule has 20 heavy (non-hydrogen) atoms. The number of aromatic nitrogens is 6. The topological polar surface area (TPSA) is 70.7 Å². The third kappa shape index (κ3) is 2.85. The third-order valence-corrected chi connectivity index (χ3v) is 3.03. The molecule has 7 nitrogen and oxygen atoms in total. The van der Waals surface area contributed by atoms with Crippen molar-refractivity contribution in [2.45, 2.75) is 6.61 Å². The van der Waals surface area contributed by atoms with E-state index in [0.29, 0.717) is 12.4 Å². The molecule has 0 bridgehead atoms. The summed E-state index contributed by atoms with van der Waals surface area (Å²) in [6, 6.07) is 5.51. The summed E-state index contributed by atoms with van der Waals surface area (Å²) < 4.78 is 9.66. The highest BCUT2D eigenvalue weighted by Crippen LogP contribution is 2.14. The summed E-state index contributed by atoms with van der Waals surface area (Å²) in [7, 11) is 1.85. The van der Waals surface area contributed by atoms with Gasteiger partial charge in [-0.05, 0) is 28.1 Å². The van der Waals surface area contributed by atoms with Gasteiger partial charge in [-0.2, -0.15) is 5.10 Å². The summed E-state index contributed by atoms with van der Waals surface area (Å²) in [5.74, 6) is 1.40. The van der Waals surface area contributed by atoms with E-state index in [1.54, 1.807) is 21.8 Å². The molecule has 0 fully saturated rings. The SMILES string of the molecule is Cn1ccc(-n2cc(COc3ccc(Br)nc3)nn2)n1. The Balaban J connectivity index is 1.67. The zero-order valence-electron chi connectivity index (χ0n) is 10.6. The molecule has 3 heterocycles. The minimum Gasteiger partial charge on any atom is -0.486 e. The van der Waals surface area contributed by atoms with Crippen molar-refractivity contribution in [3.8, 4) is 11.6 Å². The predicted octanol–water partition coefficient (Wildman–Crippen LogP) is 1.74. The van der Waals surface area contributed by atoms with E-state index in [4.69, 9.17) is 4.74 Å². The predicted molar refractivity (Wildman–Crippen MR) is 74.4 cm³/mol. The maximum absolute atomic E-state index is 5.58. The Morgan fingerprint density at radius 3 is 2.90 bits per heavy atom. The van der Waals surface area contributed by atoms with Gasteiger partial charge in [-0.15, -0.1) is 5.10 Å². The molecular weight excluding hydrogens is 324 g/mol. The summed E-state index contributed by atoms with van der Waals surface area (Å²) in [6.45, 7) is 0.330. The Hall–Kier alpha value is -2.22. The van der Waals surface area contributed by atoms with Gasteiger partial charge < -0.3 is 4.74 Å². The summed E-state index contributed by atoms with van der Waals surface area (Å²) in [4.78, 5) is 4.08. The van der Waals surface area contributed by atoms with Crippen LogP contribution in [0.2, 0.25) is 0 Å². The van der Waals surface area contributed by atoms with Gasteiger partial charge >= 0.3 is 0 Å². The lowest BCUT2D eigenvalue weighted by Crippen LogP contribution is -1.97. The van der Waals surface area contributed by atoms with E-state index in [2.05, 4.69) is 36.3 Å². The molecule has 3 rings (SSSR count). The first-order valence-corrected chi connectivity index (χ1v) is 6.65. The number of ether oxygens (including phenoxy) is 1. The Morgan fingerprint density at radius 2 is 2.20 bits per heavy atom. The zero-order chi connectivity index (χ0) is 13.9. The molecular formula is C12H11BrN6O. The van der Waals surface area contributed by atoms with Gasteiger partial charge in [0.05, 0.1) is 12.4 Å². The largest absolute Gasteiger partial charge is 0.486 e. The fourth-order valence-electron chi connectivity index (χ4n) is 1.61. The summed E-state index contributed by atoms with van der Waals surface area (Å²) in [5.41, 5.74) is 0.721. The van der Waals surface area contributed by atoms with Crippen LogP contribution in [0, 0.1) is 0 Å². The van der Waals surface area contributed by atoms with E-state index in [1.807, 2.05) is 31.4 Å². The summed E-state index contributed by atoms with van der Waals surface area (Å²) in [5, 5.41) is 12.3. The lowest BCUT2D eigenvalue weighted by Gasteiger charge is -2.02. The number of rotatable bonds is 4. The summed E-state index contributed by atoms with van der Waals surface area (Å²) in [6.07, 6.45) is 5.28. The number of hydrogen-bond donors (Lipinski definition) is 0. The van der Waals surface area contributed by atoms with Crippen LogP contribution in [0.25, 0.3) is 5.82 Å². The van der Waals surface area contributed by atoms with Crippen molar-refractivity contribution in [2.24, 2.45) is 7.05 Å². The van der Waals surface area contributed by atoms with Crippen molar-refractivity contribution in [3.63, 3.8) is 0 Å². The van der Waals surface area contributed by atoms with Crippen molar-refractivity contribution in [2.75, 3.05) is 0 Å². The molecule has 0 saturated heterocycles. The van der Waals surface area contributed by atoms with E-state index in [1.165, 1.54) is 0 Å². The molecule has 0 aliphatic carbocycles. The van der Waals surface area contributed by atoms with Gasteiger partial charge in [-0.25, -0.2) is 9.67 Å². The van der Waals surface area contributed by atoms with Crippen molar-refractivity contribution in [3.05, 3.63) is 47.1 Å². The molecule has 0 N–H and O–H groups in total. The lowest BCUT2D eigenvalue weighted by molar-refractivity contribution is 0.300. The minimum absolute atomic E-state index is 0.330. The smallest absolute Gasteiger partial charge is 0.176 e. The second kappa shape index (κ2) is 5.41.